The molecule has 210 valence electrons. The van der Waals surface area contributed by atoms with E-state index in [9.17, 15) is 9.59 Å². The number of benzene rings is 3. The van der Waals surface area contributed by atoms with Crippen LogP contribution in [-0.4, -0.2) is 35.3 Å². The molecule has 2 amide bonds. The number of halogens is 3. The highest BCUT2D eigenvalue weighted by molar-refractivity contribution is 6.31. The summed E-state index contributed by atoms with van der Waals surface area (Å²) < 4.78 is 15.8. The van der Waals surface area contributed by atoms with E-state index < -0.39 is 23.3 Å². The predicted octanol–water partition coefficient (Wildman–Crippen LogP) is 7.80. The minimum atomic E-state index is -0.988. The van der Waals surface area contributed by atoms with E-state index in [4.69, 9.17) is 23.2 Å². The van der Waals surface area contributed by atoms with Gasteiger partial charge in [0, 0.05) is 22.3 Å². The molecule has 3 aromatic rings. The SMILES string of the molecule is Cc1ccc(NC(=O)[C@H]2[C@H](c3cccc(Cl)c3F)c3ccc(Cl)cc3NC(=O)C3(CCC(C)(C)CC3)N2C)cc1. The van der Waals surface area contributed by atoms with E-state index in [1.165, 1.54) is 6.07 Å². The number of likely N-dealkylation sites (N-methyl/N-ethyl adjacent to an activating group) is 1. The standard InChI is InChI=1S/C32H34Cl2FN3O2/c1-19-8-11-21(12-9-19)36-29(39)28-26(23-6-5-7-24(34)27(23)35)22-13-10-20(33)18-25(22)37-30(40)32(38(28)4)16-14-31(2,3)15-17-32/h5-13,18,26,28H,14-17H2,1-4H3,(H,36,39)(H,37,40)/t26-,28+/m0/s1. The van der Waals surface area contributed by atoms with Crippen molar-refractivity contribution in [2.24, 2.45) is 5.41 Å². The van der Waals surface area contributed by atoms with Crippen molar-refractivity contribution in [2.45, 2.75) is 64.0 Å². The summed E-state index contributed by atoms with van der Waals surface area (Å²) in [5.74, 6) is -1.92. The Hall–Kier alpha value is -2.93. The lowest BCUT2D eigenvalue weighted by molar-refractivity contribution is -0.138. The van der Waals surface area contributed by atoms with Crippen LogP contribution >= 0.6 is 23.2 Å². The molecule has 2 aliphatic rings. The number of hydrogen-bond acceptors (Lipinski definition) is 3. The smallest absolute Gasteiger partial charge is 0.244 e. The van der Waals surface area contributed by atoms with E-state index in [0.29, 0.717) is 34.8 Å². The maximum atomic E-state index is 15.8. The van der Waals surface area contributed by atoms with Crippen molar-refractivity contribution in [1.82, 2.24) is 4.90 Å². The third-order valence-corrected chi connectivity index (χ3v) is 9.29. The molecule has 40 heavy (non-hydrogen) atoms. The number of nitrogens with one attached hydrogen (secondary N) is 2. The Morgan fingerprint density at radius 1 is 1.00 bits per heavy atom. The van der Waals surface area contributed by atoms with Gasteiger partial charge in [-0.05, 0) is 86.5 Å². The molecular weight excluding hydrogens is 548 g/mol. The summed E-state index contributed by atoms with van der Waals surface area (Å²) in [4.78, 5) is 30.4. The second-order valence-electron chi connectivity index (χ2n) is 11.9. The van der Waals surface area contributed by atoms with Gasteiger partial charge in [0.1, 0.15) is 17.4 Å². The summed E-state index contributed by atoms with van der Waals surface area (Å²) in [6, 6.07) is 16.5. The second kappa shape index (κ2) is 10.8. The monoisotopic (exact) mass is 581 g/mol. The number of aryl methyl sites for hydroxylation is 1. The van der Waals surface area contributed by atoms with Crippen LogP contribution in [0, 0.1) is 18.2 Å². The molecule has 1 spiro atoms. The summed E-state index contributed by atoms with van der Waals surface area (Å²) in [7, 11) is 1.81. The first-order valence-electron chi connectivity index (χ1n) is 13.6. The Balaban J connectivity index is 1.74. The van der Waals surface area contributed by atoms with Crippen molar-refractivity contribution in [1.29, 1.82) is 0 Å². The third kappa shape index (κ3) is 5.25. The van der Waals surface area contributed by atoms with Crippen molar-refractivity contribution in [3.05, 3.63) is 93.2 Å². The van der Waals surface area contributed by atoms with Crippen molar-refractivity contribution >= 4 is 46.4 Å². The Morgan fingerprint density at radius 3 is 2.35 bits per heavy atom. The fourth-order valence-corrected chi connectivity index (χ4v) is 6.52. The van der Waals surface area contributed by atoms with Crippen molar-refractivity contribution in [3.63, 3.8) is 0 Å². The number of hydrogen-bond donors (Lipinski definition) is 2. The molecule has 8 heteroatoms. The van der Waals surface area contributed by atoms with Crippen LogP contribution < -0.4 is 10.6 Å². The number of rotatable bonds is 3. The molecular formula is C32H34Cl2FN3O2. The van der Waals surface area contributed by atoms with Crippen molar-refractivity contribution in [3.8, 4) is 0 Å². The third-order valence-electron chi connectivity index (χ3n) is 8.76. The predicted molar refractivity (Wildman–Crippen MR) is 160 cm³/mol. The van der Waals surface area contributed by atoms with Crippen LogP contribution in [0.4, 0.5) is 15.8 Å². The first kappa shape index (κ1) is 28.6. The highest BCUT2D eigenvalue weighted by Gasteiger charge is 2.53. The van der Waals surface area contributed by atoms with Gasteiger partial charge >= 0.3 is 0 Å². The quantitative estimate of drug-likeness (QED) is 0.331. The number of amides is 2. The lowest BCUT2D eigenvalue weighted by atomic mass is 9.67. The zero-order valence-electron chi connectivity index (χ0n) is 23.2. The average molecular weight is 583 g/mol. The molecule has 2 atom stereocenters. The lowest BCUT2D eigenvalue weighted by Gasteiger charge is -2.52. The highest BCUT2D eigenvalue weighted by atomic mass is 35.5. The Bertz CT molecular complexity index is 1450. The zero-order valence-corrected chi connectivity index (χ0v) is 24.7. The topological polar surface area (TPSA) is 61.4 Å². The number of carbonyl (C=O) groups excluding carboxylic acids is 2. The molecule has 1 saturated carbocycles. The van der Waals surface area contributed by atoms with Gasteiger partial charge < -0.3 is 10.6 Å². The summed E-state index contributed by atoms with van der Waals surface area (Å²) in [5.41, 5.74) is 2.08. The summed E-state index contributed by atoms with van der Waals surface area (Å²) >= 11 is 12.7. The molecule has 5 rings (SSSR count). The van der Waals surface area contributed by atoms with Crippen LogP contribution in [0.15, 0.2) is 60.7 Å². The van der Waals surface area contributed by atoms with E-state index in [1.54, 1.807) is 30.3 Å². The van der Waals surface area contributed by atoms with Crippen LogP contribution in [0.3, 0.4) is 0 Å². The molecule has 2 N–H and O–H groups in total. The minimum Gasteiger partial charge on any atom is -0.325 e. The first-order chi connectivity index (χ1) is 18.9. The van der Waals surface area contributed by atoms with Gasteiger partial charge in [-0.1, -0.05) is 72.9 Å². The maximum Gasteiger partial charge on any atom is 0.244 e. The molecule has 0 unspecified atom stereocenters. The minimum absolute atomic E-state index is 0.0337. The van der Waals surface area contributed by atoms with Crippen LogP contribution in [-0.2, 0) is 9.59 Å². The number of anilines is 2. The van der Waals surface area contributed by atoms with Gasteiger partial charge in [0.25, 0.3) is 0 Å². The summed E-state index contributed by atoms with van der Waals surface area (Å²) in [6.45, 7) is 6.37. The fraction of sp³-hybridized carbons (Fsp3) is 0.375. The Morgan fingerprint density at radius 2 is 1.68 bits per heavy atom. The molecule has 1 aliphatic heterocycles. The molecule has 1 aliphatic carbocycles. The number of nitrogens with zero attached hydrogens (tertiary/aromatic N) is 1. The van der Waals surface area contributed by atoms with Gasteiger partial charge in [-0.15, -0.1) is 0 Å². The van der Waals surface area contributed by atoms with Crippen LogP contribution in [0.5, 0.6) is 0 Å². The fourth-order valence-electron chi connectivity index (χ4n) is 6.17. The number of carbonyl (C=O) groups is 2. The molecule has 1 heterocycles. The molecule has 0 bridgehead atoms. The van der Waals surface area contributed by atoms with Gasteiger partial charge in [-0.2, -0.15) is 0 Å². The Kier molecular flexibility index (Phi) is 7.73. The lowest BCUT2D eigenvalue weighted by Crippen LogP contribution is -2.65. The second-order valence-corrected chi connectivity index (χ2v) is 12.8. The first-order valence-corrected chi connectivity index (χ1v) is 14.3. The summed E-state index contributed by atoms with van der Waals surface area (Å²) in [6.07, 6.45) is 2.71. The Labute approximate surface area is 245 Å². The summed E-state index contributed by atoms with van der Waals surface area (Å²) in [5, 5.41) is 6.57. The van der Waals surface area contributed by atoms with Crippen LogP contribution in [0.1, 0.15) is 62.1 Å². The molecule has 1 fully saturated rings. The number of fused-ring (bicyclic) bond motifs is 1. The molecule has 0 aromatic heterocycles. The van der Waals surface area contributed by atoms with Gasteiger partial charge in [0.2, 0.25) is 11.8 Å². The van der Waals surface area contributed by atoms with E-state index in [-0.39, 0.29) is 27.8 Å². The van der Waals surface area contributed by atoms with E-state index in [2.05, 4.69) is 24.5 Å². The average Bonchev–Trinajstić information content (AvgIpc) is 2.90. The largest absolute Gasteiger partial charge is 0.325 e. The van der Waals surface area contributed by atoms with Gasteiger partial charge in [0.15, 0.2) is 0 Å². The maximum absolute atomic E-state index is 15.8. The zero-order chi connectivity index (χ0) is 28.8. The van der Waals surface area contributed by atoms with Gasteiger partial charge in [0.05, 0.1) is 5.02 Å². The van der Waals surface area contributed by atoms with E-state index in [1.807, 2.05) is 43.1 Å². The highest BCUT2D eigenvalue weighted by Crippen LogP contribution is 2.49. The van der Waals surface area contributed by atoms with E-state index in [0.717, 1.165) is 18.4 Å². The van der Waals surface area contributed by atoms with Gasteiger partial charge in [-0.3, -0.25) is 14.5 Å². The molecule has 0 saturated heterocycles. The molecule has 5 nitrogen and oxygen atoms in total. The van der Waals surface area contributed by atoms with E-state index >= 15 is 4.39 Å². The van der Waals surface area contributed by atoms with Crippen molar-refractivity contribution in [2.75, 3.05) is 17.7 Å². The molecule has 3 aromatic carbocycles. The normalized spacial score (nSPS) is 22.1. The van der Waals surface area contributed by atoms with Gasteiger partial charge in [-0.25, -0.2) is 4.39 Å². The van der Waals surface area contributed by atoms with Crippen LogP contribution in [0.2, 0.25) is 10.0 Å². The van der Waals surface area contributed by atoms with Crippen molar-refractivity contribution < 1.29 is 14.0 Å². The van der Waals surface area contributed by atoms with Crippen LogP contribution in [0.25, 0.3) is 0 Å². The molecule has 0 radical (unpaired) electrons.